The Morgan fingerprint density at radius 1 is 0.690 bits per heavy atom. The number of hydrogen-bond acceptors (Lipinski definition) is 7. The van der Waals surface area contributed by atoms with Gasteiger partial charge in [-0.25, -0.2) is 9.59 Å². The Hall–Kier alpha value is -2.24. The van der Waals surface area contributed by atoms with Crippen LogP contribution in [0.15, 0.2) is 0 Å². The van der Waals surface area contributed by atoms with Crippen LogP contribution in [0, 0.1) is 0 Å². The molecule has 0 aromatic carbocycles. The first-order valence-corrected chi connectivity index (χ1v) is 9.69. The van der Waals surface area contributed by atoms with E-state index in [9.17, 15) is 19.2 Å². The third kappa shape index (κ3) is 6.94. The van der Waals surface area contributed by atoms with Crippen LogP contribution in [0.4, 0.5) is 0 Å². The highest BCUT2D eigenvalue weighted by atomic mass is 16.5. The van der Waals surface area contributed by atoms with Crippen LogP contribution >= 0.6 is 0 Å². The lowest BCUT2D eigenvalue weighted by Gasteiger charge is -2.21. The largest absolute Gasteiger partial charge is 0.480 e. The van der Waals surface area contributed by atoms with Gasteiger partial charge in [0.2, 0.25) is 11.8 Å². The number of carbonyl (C=O) groups excluding carboxylic acids is 2. The van der Waals surface area contributed by atoms with Crippen LogP contribution in [0.2, 0.25) is 0 Å². The summed E-state index contributed by atoms with van der Waals surface area (Å²) in [5.41, 5.74) is 0. The van der Waals surface area contributed by atoms with Crippen molar-refractivity contribution < 1.29 is 43.6 Å². The number of hydrogen-bond donors (Lipinski definition) is 2. The Bertz CT molecular complexity index is 548. The Kier molecular flexibility index (Phi) is 9.29. The van der Waals surface area contributed by atoms with E-state index in [1.807, 2.05) is 0 Å². The molecule has 11 nitrogen and oxygen atoms in total. The van der Waals surface area contributed by atoms with Crippen molar-refractivity contribution in [2.75, 3.05) is 52.7 Å². The molecule has 0 spiro atoms. The topological polar surface area (TPSA) is 143 Å². The van der Waals surface area contributed by atoms with Gasteiger partial charge in [-0.3, -0.25) is 9.59 Å². The minimum atomic E-state index is -0.999. The van der Waals surface area contributed by atoms with Crippen molar-refractivity contribution in [1.82, 2.24) is 9.80 Å². The van der Waals surface area contributed by atoms with Crippen LogP contribution in [0.1, 0.15) is 25.7 Å². The molecule has 2 N–H and O–H groups in total. The molecular weight excluding hydrogens is 388 g/mol. The van der Waals surface area contributed by atoms with Crippen molar-refractivity contribution >= 4 is 23.8 Å². The summed E-state index contributed by atoms with van der Waals surface area (Å²) >= 11 is 0. The zero-order valence-electron chi connectivity index (χ0n) is 16.3. The Labute approximate surface area is 168 Å². The Morgan fingerprint density at radius 2 is 1.07 bits per heavy atom. The molecule has 2 amide bonds. The molecule has 2 aliphatic rings. The maximum Gasteiger partial charge on any atom is 0.326 e. The normalized spacial score (nSPS) is 21.5. The first-order chi connectivity index (χ1) is 13.9. The Morgan fingerprint density at radius 3 is 1.45 bits per heavy atom. The molecule has 0 saturated carbocycles. The van der Waals surface area contributed by atoms with Crippen LogP contribution in [0.5, 0.6) is 0 Å². The maximum absolute atomic E-state index is 12.0. The van der Waals surface area contributed by atoms with Gasteiger partial charge in [-0.05, 0) is 25.7 Å². The zero-order chi connectivity index (χ0) is 21.2. The molecular formula is C18H28N2O9. The average molecular weight is 416 g/mol. The van der Waals surface area contributed by atoms with Gasteiger partial charge in [0.1, 0.15) is 25.3 Å². The minimum absolute atomic E-state index is 0.171. The number of nitrogens with zero attached hydrogens (tertiary/aromatic N) is 2. The number of carboxylic acid groups (broad SMARTS) is 2. The molecule has 0 aromatic rings. The molecule has 0 unspecified atom stereocenters. The lowest BCUT2D eigenvalue weighted by molar-refractivity contribution is -0.150. The van der Waals surface area contributed by atoms with Gasteiger partial charge in [0.25, 0.3) is 0 Å². The molecule has 2 rings (SSSR count). The van der Waals surface area contributed by atoms with Gasteiger partial charge in [0.15, 0.2) is 0 Å². The van der Waals surface area contributed by atoms with E-state index in [-0.39, 0.29) is 51.5 Å². The fraction of sp³-hybridized carbons (Fsp3) is 0.778. The first-order valence-electron chi connectivity index (χ1n) is 9.69. The lowest BCUT2D eigenvalue weighted by Crippen LogP contribution is -2.42. The standard InChI is InChI=1S/C18H28N2O9/c21-15(19-5-1-3-13(19)17(23)24)11-28-9-7-27-8-10-29-12-16(22)20-6-2-4-14(20)18(25)26/h13-14H,1-12H2,(H,23,24)(H,25,26)/t13-,14-/m1/s1. The second-order valence-corrected chi connectivity index (χ2v) is 6.88. The lowest BCUT2D eigenvalue weighted by atomic mass is 10.2. The molecule has 11 heteroatoms. The van der Waals surface area contributed by atoms with Crippen molar-refractivity contribution in [1.29, 1.82) is 0 Å². The third-order valence-electron chi connectivity index (χ3n) is 4.91. The van der Waals surface area contributed by atoms with E-state index in [2.05, 4.69) is 0 Å². The molecule has 0 aromatic heterocycles. The second-order valence-electron chi connectivity index (χ2n) is 6.88. The number of likely N-dealkylation sites (tertiary alicyclic amines) is 2. The maximum atomic E-state index is 12.0. The Balaban J connectivity index is 1.47. The van der Waals surface area contributed by atoms with E-state index in [1.54, 1.807) is 0 Å². The van der Waals surface area contributed by atoms with Crippen molar-refractivity contribution in [3.8, 4) is 0 Å². The number of aliphatic carboxylic acids is 2. The molecule has 0 radical (unpaired) electrons. The minimum Gasteiger partial charge on any atom is -0.480 e. The summed E-state index contributed by atoms with van der Waals surface area (Å²) in [4.78, 5) is 48.7. The summed E-state index contributed by atoms with van der Waals surface area (Å²) < 4.78 is 15.7. The van der Waals surface area contributed by atoms with Gasteiger partial charge in [-0.1, -0.05) is 0 Å². The number of rotatable bonds is 12. The van der Waals surface area contributed by atoms with E-state index in [4.69, 9.17) is 24.4 Å². The number of ether oxygens (including phenoxy) is 3. The van der Waals surface area contributed by atoms with Gasteiger partial charge in [0.05, 0.1) is 26.4 Å². The van der Waals surface area contributed by atoms with Crippen LogP contribution in [0.3, 0.4) is 0 Å². The van der Waals surface area contributed by atoms with Crippen molar-refractivity contribution in [2.45, 2.75) is 37.8 Å². The molecule has 164 valence electrons. The summed E-state index contributed by atoms with van der Waals surface area (Å²) in [6, 6.07) is -1.54. The number of carbonyl (C=O) groups is 4. The van der Waals surface area contributed by atoms with Crippen LogP contribution in [-0.4, -0.2) is 109 Å². The van der Waals surface area contributed by atoms with E-state index >= 15 is 0 Å². The summed E-state index contributed by atoms with van der Waals surface area (Å²) in [5.74, 6) is -2.70. The SMILES string of the molecule is O=C(O)[C@H]1CCCN1C(=O)COCCOCCOCC(=O)N1CCC[C@@H]1C(=O)O. The molecule has 2 saturated heterocycles. The van der Waals surface area contributed by atoms with Gasteiger partial charge >= 0.3 is 11.9 Å². The van der Waals surface area contributed by atoms with Crippen LogP contribution in [0.25, 0.3) is 0 Å². The number of amides is 2. The second kappa shape index (κ2) is 11.7. The highest BCUT2D eigenvalue weighted by Crippen LogP contribution is 2.18. The fourth-order valence-corrected chi connectivity index (χ4v) is 3.47. The van der Waals surface area contributed by atoms with Gasteiger partial charge in [0, 0.05) is 13.1 Å². The highest BCUT2D eigenvalue weighted by Gasteiger charge is 2.34. The molecule has 29 heavy (non-hydrogen) atoms. The molecule has 2 aliphatic heterocycles. The third-order valence-corrected chi connectivity index (χ3v) is 4.91. The summed E-state index contributed by atoms with van der Waals surface area (Å²) in [7, 11) is 0. The van der Waals surface area contributed by atoms with Crippen molar-refractivity contribution in [3.63, 3.8) is 0 Å². The summed E-state index contributed by atoms with van der Waals surface area (Å²) in [5, 5.41) is 18.1. The van der Waals surface area contributed by atoms with Gasteiger partial charge < -0.3 is 34.2 Å². The quantitative estimate of drug-likeness (QED) is 0.390. The van der Waals surface area contributed by atoms with Crippen LogP contribution < -0.4 is 0 Å². The van der Waals surface area contributed by atoms with Crippen molar-refractivity contribution in [2.24, 2.45) is 0 Å². The van der Waals surface area contributed by atoms with E-state index in [0.717, 1.165) is 0 Å². The van der Waals surface area contributed by atoms with Gasteiger partial charge in [-0.15, -0.1) is 0 Å². The fourth-order valence-electron chi connectivity index (χ4n) is 3.47. The van der Waals surface area contributed by atoms with E-state index in [0.29, 0.717) is 38.8 Å². The zero-order valence-corrected chi connectivity index (χ0v) is 16.3. The van der Waals surface area contributed by atoms with Crippen molar-refractivity contribution in [3.05, 3.63) is 0 Å². The summed E-state index contributed by atoms with van der Waals surface area (Å²) in [6.07, 6.45) is 2.26. The van der Waals surface area contributed by atoms with Gasteiger partial charge in [-0.2, -0.15) is 0 Å². The summed E-state index contributed by atoms with van der Waals surface area (Å²) in [6.45, 7) is 1.25. The molecule has 0 bridgehead atoms. The average Bonchev–Trinajstić information content (AvgIpc) is 3.35. The smallest absolute Gasteiger partial charge is 0.326 e. The molecule has 2 heterocycles. The van der Waals surface area contributed by atoms with E-state index < -0.39 is 24.0 Å². The predicted molar refractivity (Wildman–Crippen MR) is 97.2 cm³/mol. The first kappa shape index (κ1) is 23.0. The molecule has 0 aliphatic carbocycles. The monoisotopic (exact) mass is 416 g/mol. The molecule has 2 fully saturated rings. The molecule has 2 atom stereocenters. The van der Waals surface area contributed by atoms with Crippen LogP contribution in [-0.2, 0) is 33.4 Å². The number of carboxylic acids is 2. The highest BCUT2D eigenvalue weighted by molar-refractivity contribution is 5.85. The predicted octanol–water partition coefficient (Wildman–Crippen LogP) is -0.813. The van der Waals surface area contributed by atoms with E-state index in [1.165, 1.54) is 9.80 Å².